The highest BCUT2D eigenvalue weighted by molar-refractivity contribution is 7.86. The highest BCUT2D eigenvalue weighted by Crippen LogP contribution is 2.18. The third-order valence-electron chi connectivity index (χ3n) is 4.28. The lowest BCUT2D eigenvalue weighted by Crippen LogP contribution is -2.38. The molecule has 0 aliphatic carbocycles. The second kappa shape index (κ2) is 12.3. The molecule has 0 radical (unpaired) electrons. The monoisotopic (exact) mass is 335 g/mol. The molecule has 0 saturated heterocycles. The van der Waals surface area contributed by atoms with E-state index in [1.54, 1.807) is 0 Å². The number of hydrogen-bond acceptors (Lipinski definition) is 4. The Morgan fingerprint density at radius 2 is 1.32 bits per heavy atom. The second-order valence-corrected chi connectivity index (χ2v) is 8.62. The van der Waals surface area contributed by atoms with E-state index in [1.807, 2.05) is 6.92 Å². The van der Waals surface area contributed by atoms with E-state index < -0.39 is 15.7 Å². The van der Waals surface area contributed by atoms with Gasteiger partial charge in [0.25, 0.3) is 10.1 Å². The van der Waals surface area contributed by atoms with Crippen LogP contribution in [0, 0.1) is 0 Å². The summed E-state index contributed by atoms with van der Waals surface area (Å²) in [6.45, 7) is 4.18. The number of unbranched alkanes of at least 4 members (excludes halogenated alkanes) is 9. The van der Waals surface area contributed by atoms with E-state index in [0.717, 1.165) is 12.8 Å². The van der Waals surface area contributed by atoms with E-state index in [4.69, 9.17) is 5.73 Å². The number of hydrogen-bond donors (Lipinski definition) is 1. The van der Waals surface area contributed by atoms with Gasteiger partial charge in [0.05, 0.1) is 12.9 Å². The van der Waals surface area contributed by atoms with Gasteiger partial charge in [0.15, 0.2) is 0 Å². The fourth-order valence-electron chi connectivity index (χ4n) is 2.58. The molecule has 2 N–H and O–H groups in total. The maximum absolute atomic E-state index is 11.3. The van der Waals surface area contributed by atoms with Gasteiger partial charge < -0.3 is 5.73 Å². The molecule has 0 aromatic carbocycles. The summed E-state index contributed by atoms with van der Waals surface area (Å²) in [5.74, 6) is 0.00819. The topological polar surface area (TPSA) is 69.4 Å². The van der Waals surface area contributed by atoms with E-state index in [0.29, 0.717) is 6.42 Å². The molecule has 0 aromatic rings. The van der Waals surface area contributed by atoms with Gasteiger partial charge in [-0.1, -0.05) is 71.1 Å². The van der Waals surface area contributed by atoms with Crippen LogP contribution in [0.1, 0.15) is 90.9 Å². The van der Waals surface area contributed by atoms with Gasteiger partial charge in [-0.15, -0.1) is 0 Å². The van der Waals surface area contributed by atoms with Gasteiger partial charge in [0, 0.05) is 5.54 Å². The Hall–Kier alpha value is -0.130. The van der Waals surface area contributed by atoms with Crippen molar-refractivity contribution in [2.75, 3.05) is 12.9 Å². The molecule has 0 aliphatic rings. The third-order valence-corrected chi connectivity index (χ3v) is 5.49. The number of rotatable bonds is 15. The van der Waals surface area contributed by atoms with Crippen LogP contribution in [0.3, 0.4) is 0 Å². The Labute approximate surface area is 138 Å². The first kappa shape index (κ1) is 21.9. The molecular formula is C17H37NO3S. The van der Waals surface area contributed by atoms with Gasteiger partial charge >= 0.3 is 0 Å². The van der Waals surface area contributed by atoms with Crippen LogP contribution in [0.5, 0.6) is 0 Å². The molecular weight excluding hydrogens is 298 g/mol. The zero-order valence-corrected chi connectivity index (χ0v) is 15.7. The molecule has 0 spiro atoms. The molecule has 0 amide bonds. The standard InChI is InChI=1S/C17H37NO3S/c1-4-5-6-7-8-9-10-11-12-13-14-17(2,18)15-16-22(19,20)21-3/h4-16,18H2,1-3H3. The molecule has 0 fully saturated rings. The van der Waals surface area contributed by atoms with Crippen molar-refractivity contribution in [2.24, 2.45) is 5.73 Å². The van der Waals surface area contributed by atoms with E-state index >= 15 is 0 Å². The van der Waals surface area contributed by atoms with Crippen LogP contribution in [-0.2, 0) is 14.3 Å². The van der Waals surface area contributed by atoms with Gasteiger partial charge in [0.2, 0.25) is 0 Å². The lowest BCUT2D eigenvalue weighted by Gasteiger charge is -2.24. The Kier molecular flexibility index (Phi) is 12.2. The van der Waals surface area contributed by atoms with Crippen molar-refractivity contribution in [1.82, 2.24) is 0 Å². The molecule has 5 heteroatoms. The maximum atomic E-state index is 11.3. The lowest BCUT2D eigenvalue weighted by atomic mass is 9.92. The van der Waals surface area contributed by atoms with E-state index in [9.17, 15) is 8.42 Å². The molecule has 4 nitrogen and oxygen atoms in total. The second-order valence-electron chi connectivity index (χ2n) is 6.76. The maximum Gasteiger partial charge on any atom is 0.267 e. The van der Waals surface area contributed by atoms with Crippen LogP contribution in [0.15, 0.2) is 0 Å². The summed E-state index contributed by atoms with van der Waals surface area (Å²) < 4.78 is 27.1. The van der Waals surface area contributed by atoms with Crippen LogP contribution < -0.4 is 5.73 Å². The first-order valence-corrected chi connectivity index (χ1v) is 10.5. The fraction of sp³-hybridized carbons (Fsp3) is 1.00. The summed E-state index contributed by atoms with van der Waals surface area (Å²) in [5.41, 5.74) is 5.76. The summed E-state index contributed by atoms with van der Waals surface area (Å²) in [6.07, 6.45) is 14.3. The van der Waals surface area contributed by atoms with Crippen molar-refractivity contribution in [3.63, 3.8) is 0 Å². The van der Waals surface area contributed by atoms with Crippen LogP contribution in [0.25, 0.3) is 0 Å². The summed E-state index contributed by atoms with van der Waals surface area (Å²) >= 11 is 0. The van der Waals surface area contributed by atoms with Crippen LogP contribution in [-0.4, -0.2) is 26.8 Å². The third kappa shape index (κ3) is 13.5. The first-order chi connectivity index (χ1) is 10.3. The summed E-state index contributed by atoms with van der Waals surface area (Å²) in [4.78, 5) is 0. The molecule has 0 rings (SSSR count). The molecule has 134 valence electrons. The van der Waals surface area contributed by atoms with Crippen LogP contribution in [0.4, 0.5) is 0 Å². The predicted octanol–water partition coefficient (Wildman–Crippen LogP) is 4.38. The zero-order valence-electron chi connectivity index (χ0n) is 14.9. The Morgan fingerprint density at radius 1 is 0.864 bits per heavy atom. The van der Waals surface area contributed by atoms with Gasteiger partial charge in [-0.3, -0.25) is 4.18 Å². The average molecular weight is 336 g/mol. The van der Waals surface area contributed by atoms with Gasteiger partial charge in [-0.2, -0.15) is 8.42 Å². The lowest BCUT2D eigenvalue weighted by molar-refractivity contribution is 0.369. The zero-order chi connectivity index (χ0) is 16.9. The largest absolute Gasteiger partial charge is 0.325 e. The smallest absolute Gasteiger partial charge is 0.267 e. The van der Waals surface area contributed by atoms with Crippen LogP contribution >= 0.6 is 0 Å². The van der Waals surface area contributed by atoms with Gasteiger partial charge in [0.1, 0.15) is 0 Å². The van der Waals surface area contributed by atoms with E-state index in [-0.39, 0.29) is 5.75 Å². The normalized spacial score (nSPS) is 14.9. The Bertz CT molecular complexity index is 353. The highest BCUT2D eigenvalue weighted by atomic mass is 32.2. The van der Waals surface area contributed by atoms with Crippen molar-refractivity contribution in [3.8, 4) is 0 Å². The van der Waals surface area contributed by atoms with Crippen molar-refractivity contribution >= 4 is 10.1 Å². The molecule has 0 aromatic heterocycles. The minimum Gasteiger partial charge on any atom is -0.325 e. The van der Waals surface area contributed by atoms with E-state index in [1.165, 1.54) is 64.9 Å². The van der Waals surface area contributed by atoms with Crippen molar-refractivity contribution < 1.29 is 12.6 Å². The van der Waals surface area contributed by atoms with Gasteiger partial charge in [-0.25, -0.2) is 0 Å². The Balaban J connectivity index is 3.53. The molecule has 0 saturated carbocycles. The summed E-state index contributed by atoms with van der Waals surface area (Å²) in [7, 11) is -2.19. The molecule has 1 unspecified atom stereocenters. The SMILES string of the molecule is CCCCCCCCCCCCC(C)(N)CCS(=O)(=O)OC. The summed E-state index contributed by atoms with van der Waals surface area (Å²) in [5, 5.41) is 0. The molecule has 22 heavy (non-hydrogen) atoms. The predicted molar refractivity (Wildman–Crippen MR) is 94.5 cm³/mol. The Morgan fingerprint density at radius 3 is 1.77 bits per heavy atom. The first-order valence-electron chi connectivity index (χ1n) is 8.90. The fourth-order valence-corrected chi connectivity index (χ4v) is 3.47. The quantitative estimate of drug-likeness (QED) is 0.356. The van der Waals surface area contributed by atoms with Crippen molar-refractivity contribution in [1.29, 1.82) is 0 Å². The van der Waals surface area contributed by atoms with Crippen LogP contribution in [0.2, 0.25) is 0 Å². The summed E-state index contributed by atoms with van der Waals surface area (Å²) in [6, 6.07) is 0. The molecule has 0 heterocycles. The minimum absolute atomic E-state index is 0.00819. The number of nitrogens with two attached hydrogens (primary N) is 1. The van der Waals surface area contributed by atoms with E-state index in [2.05, 4.69) is 11.1 Å². The van der Waals surface area contributed by atoms with Crippen molar-refractivity contribution in [3.05, 3.63) is 0 Å². The average Bonchev–Trinajstić information content (AvgIpc) is 2.47. The molecule has 1 atom stereocenters. The van der Waals surface area contributed by atoms with Crippen molar-refractivity contribution in [2.45, 2.75) is 96.4 Å². The van der Waals surface area contributed by atoms with Gasteiger partial charge in [-0.05, 0) is 19.8 Å². The molecule has 0 bridgehead atoms. The minimum atomic E-state index is -3.39. The highest BCUT2D eigenvalue weighted by Gasteiger charge is 2.21. The molecule has 0 aliphatic heterocycles.